The number of benzene rings is 2. The predicted molar refractivity (Wildman–Crippen MR) is 121 cm³/mol. The number of urea groups is 1. The van der Waals surface area contributed by atoms with Gasteiger partial charge in [-0.15, -0.1) is 0 Å². The molecule has 6 heteroatoms. The van der Waals surface area contributed by atoms with Gasteiger partial charge in [-0.05, 0) is 33.5 Å². The SMILES string of the molecule is O=C(NC[C@@H](c1ccsc1)N1CCOCC1)NC(c1ccccc1)c1ccccc1. The second kappa shape index (κ2) is 10.4. The Morgan fingerprint density at radius 1 is 0.933 bits per heavy atom. The van der Waals surface area contributed by atoms with Crippen LogP contribution in [0.1, 0.15) is 28.8 Å². The van der Waals surface area contributed by atoms with Crippen LogP contribution in [0.25, 0.3) is 0 Å². The van der Waals surface area contributed by atoms with Crippen molar-refractivity contribution in [1.82, 2.24) is 15.5 Å². The van der Waals surface area contributed by atoms with Gasteiger partial charge in [0.2, 0.25) is 0 Å². The molecule has 156 valence electrons. The number of nitrogens with one attached hydrogen (secondary N) is 2. The van der Waals surface area contributed by atoms with Gasteiger partial charge in [0.1, 0.15) is 0 Å². The average molecular weight is 422 g/mol. The van der Waals surface area contributed by atoms with E-state index < -0.39 is 0 Å². The van der Waals surface area contributed by atoms with Crippen LogP contribution in [0.15, 0.2) is 77.5 Å². The number of thiophene rings is 1. The summed E-state index contributed by atoms with van der Waals surface area (Å²) in [4.78, 5) is 15.3. The molecule has 0 spiro atoms. The Hall–Kier alpha value is -2.67. The first kappa shape index (κ1) is 20.6. The van der Waals surface area contributed by atoms with E-state index in [-0.39, 0.29) is 18.1 Å². The fourth-order valence-electron chi connectivity index (χ4n) is 3.83. The summed E-state index contributed by atoms with van der Waals surface area (Å²) in [6, 6.07) is 22.0. The van der Waals surface area contributed by atoms with Crippen LogP contribution in [0, 0.1) is 0 Å². The van der Waals surface area contributed by atoms with E-state index in [1.54, 1.807) is 11.3 Å². The van der Waals surface area contributed by atoms with Crippen LogP contribution in [0.5, 0.6) is 0 Å². The molecule has 30 heavy (non-hydrogen) atoms. The highest BCUT2D eigenvalue weighted by Gasteiger charge is 2.24. The van der Waals surface area contributed by atoms with E-state index in [0.717, 1.165) is 37.4 Å². The van der Waals surface area contributed by atoms with E-state index in [0.29, 0.717) is 6.54 Å². The van der Waals surface area contributed by atoms with Gasteiger partial charge in [-0.3, -0.25) is 4.90 Å². The number of carbonyl (C=O) groups excluding carboxylic acids is 1. The fraction of sp³-hybridized carbons (Fsp3) is 0.292. The Morgan fingerprint density at radius 3 is 2.13 bits per heavy atom. The minimum Gasteiger partial charge on any atom is -0.379 e. The Labute approximate surface area is 181 Å². The molecular weight excluding hydrogens is 394 g/mol. The van der Waals surface area contributed by atoms with E-state index in [1.165, 1.54) is 5.56 Å². The largest absolute Gasteiger partial charge is 0.379 e. The van der Waals surface area contributed by atoms with Crippen LogP contribution in [-0.4, -0.2) is 43.8 Å². The lowest BCUT2D eigenvalue weighted by molar-refractivity contribution is 0.0168. The number of amides is 2. The van der Waals surface area contributed by atoms with E-state index in [2.05, 4.69) is 32.4 Å². The zero-order chi connectivity index (χ0) is 20.6. The molecule has 1 aromatic heterocycles. The molecule has 5 nitrogen and oxygen atoms in total. The van der Waals surface area contributed by atoms with Crippen LogP contribution in [0.3, 0.4) is 0 Å². The Kier molecular flexibility index (Phi) is 7.13. The topological polar surface area (TPSA) is 53.6 Å². The number of rotatable bonds is 7. The van der Waals surface area contributed by atoms with Crippen LogP contribution in [0.4, 0.5) is 4.79 Å². The van der Waals surface area contributed by atoms with Crippen LogP contribution in [-0.2, 0) is 4.74 Å². The Balaban J connectivity index is 1.45. The van der Waals surface area contributed by atoms with E-state index >= 15 is 0 Å². The van der Waals surface area contributed by atoms with Crippen molar-refractivity contribution in [3.05, 3.63) is 94.2 Å². The first-order valence-electron chi connectivity index (χ1n) is 10.3. The van der Waals surface area contributed by atoms with Gasteiger partial charge in [-0.25, -0.2) is 4.79 Å². The summed E-state index contributed by atoms with van der Waals surface area (Å²) in [6.07, 6.45) is 0. The van der Waals surface area contributed by atoms with Crippen molar-refractivity contribution in [1.29, 1.82) is 0 Å². The Bertz CT molecular complexity index is 857. The highest BCUT2D eigenvalue weighted by atomic mass is 32.1. The fourth-order valence-corrected chi connectivity index (χ4v) is 4.54. The van der Waals surface area contributed by atoms with E-state index in [1.807, 2.05) is 60.7 Å². The van der Waals surface area contributed by atoms with Crippen molar-refractivity contribution in [3.8, 4) is 0 Å². The Morgan fingerprint density at radius 2 is 1.57 bits per heavy atom. The number of ether oxygens (including phenoxy) is 1. The van der Waals surface area contributed by atoms with Crippen molar-refractivity contribution in [3.63, 3.8) is 0 Å². The molecule has 2 aromatic carbocycles. The average Bonchev–Trinajstić information content (AvgIpc) is 3.34. The molecule has 2 amide bonds. The van der Waals surface area contributed by atoms with Crippen molar-refractivity contribution in [2.45, 2.75) is 12.1 Å². The van der Waals surface area contributed by atoms with Crippen molar-refractivity contribution in [2.24, 2.45) is 0 Å². The van der Waals surface area contributed by atoms with Crippen molar-refractivity contribution >= 4 is 17.4 Å². The molecule has 1 atom stereocenters. The maximum Gasteiger partial charge on any atom is 0.315 e. The van der Waals surface area contributed by atoms with Gasteiger partial charge in [0.25, 0.3) is 0 Å². The zero-order valence-corrected chi connectivity index (χ0v) is 17.7. The predicted octanol–water partition coefficient (Wildman–Crippen LogP) is 4.21. The summed E-state index contributed by atoms with van der Waals surface area (Å²) >= 11 is 1.69. The van der Waals surface area contributed by atoms with Gasteiger partial charge >= 0.3 is 6.03 Å². The summed E-state index contributed by atoms with van der Waals surface area (Å²) in [5.41, 5.74) is 3.35. The molecule has 0 unspecified atom stereocenters. The van der Waals surface area contributed by atoms with Crippen LogP contribution < -0.4 is 10.6 Å². The third kappa shape index (κ3) is 5.27. The lowest BCUT2D eigenvalue weighted by atomic mass is 9.99. The first-order valence-corrected chi connectivity index (χ1v) is 11.2. The molecule has 2 heterocycles. The number of nitrogens with zero attached hydrogens (tertiary/aromatic N) is 1. The molecule has 3 aromatic rings. The number of hydrogen-bond acceptors (Lipinski definition) is 4. The molecular formula is C24H27N3O2S. The first-order chi connectivity index (χ1) is 14.8. The lowest BCUT2D eigenvalue weighted by Crippen LogP contribution is -2.46. The van der Waals surface area contributed by atoms with Crippen molar-refractivity contribution < 1.29 is 9.53 Å². The number of hydrogen-bond donors (Lipinski definition) is 2. The monoisotopic (exact) mass is 421 g/mol. The van der Waals surface area contributed by atoms with Crippen molar-refractivity contribution in [2.75, 3.05) is 32.8 Å². The standard InChI is InChI=1S/C24H27N3O2S/c28-24(25-17-22(21-11-16-30-18-21)27-12-14-29-15-13-27)26-23(19-7-3-1-4-8-19)20-9-5-2-6-10-20/h1-11,16,18,22-23H,12-15,17H2,(H2,25,26,28)/t22-/m0/s1. The molecule has 0 aliphatic carbocycles. The maximum absolute atomic E-state index is 12.9. The molecule has 1 aliphatic heterocycles. The minimum absolute atomic E-state index is 0.151. The summed E-state index contributed by atoms with van der Waals surface area (Å²) in [5, 5.41) is 10.5. The minimum atomic E-state index is -0.199. The summed E-state index contributed by atoms with van der Waals surface area (Å²) in [5.74, 6) is 0. The van der Waals surface area contributed by atoms with Crippen LogP contribution >= 0.6 is 11.3 Å². The number of morpholine rings is 1. The maximum atomic E-state index is 12.9. The van der Waals surface area contributed by atoms with Crippen LogP contribution in [0.2, 0.25) is 0 Å². The van der Waals surface area contributed by atoms with E-state index in [9.17, 15) is 4.79 Å². The highest BCUT2D eigenvalue weighted by Crippen LogP contribution is 2.24. The van der Waals surface area contributed by atoms with Gasteiger partial charge in [-0.2, -0.15) is 11.3 Å². The summed E-state index contributed by atoms with van der Waals surface area (Å²) in [6.45, 7) is 3.77. The van der Waals surface area contributed by atoms with Gasteiger partial charge in [0.15, 0.2) is 0 Å². The lowest BCUT2D eigenvalue weighted by Gasteiger charge is -2.34. The molecule has 0 bridgehead atoms. The molecule has 0 saturated carbocycles. The smallest absolute Gasteiger partial charge is 0.315 e. The molecule has 1 aliphatic rings. The van der Waals surface area contributed by atoms with Gasteiger partial charge in [-0.1, -0.05) is 60.7 Å². The molecule has 2 N–H and O–H groups in total. The second-order valence-corrected chi connectivity index (χ2v) is 8.11. The quantitative estimate of drug-likeness (QED) is 0.601. The third-order valence-corrected chi connectivity index (χ3v) is 6.11. The summed E-state index contributed by atoms with van der Waals surface area (Å²) in [7, 11) is 0. The summed E-state index contributed by atoms with van der Waals surface area (Å²) < 4.78 is 5.50. The second-order valence-electron chi connectivity index (χ2n) is 7.33. The van der Waals surface area contributed by atoms with Gasteiger partial charge in [0.05, 0.1) is 25.3 Å². The van der Waals surface area contributed by atoms with Gasteiger partial charge < -0.3 is 15.4 Å². The normalized spacial score (nSPS) is 15.6. The molecule has 4 rings (SSSR count). The third-order valence-electron chi connectivity index (χ3n) is 5.41. The molecule has 0 radical (unpaired) electrons. The zero-order valence-electron chi connectivity index (χ0n) is 16.9. The van der Waals surface area contributed by atoms with Gasteiger partial charge in [0, 0.05) is 19.6 Å². The molecule has 1 fully saturated rings. The highest BCUT2D eigenvalue weighted by molar-refractivity contribution is 7.07. The van der Waals surface area contributed by atoms with E-state index in [4.69, 9.17) is 4.74 Å². The number of carbonyl (C=O) groups is 1. The molecule has 1 saturated heterocycles.